The summed E-state index contributed by atoms with van der Waals surface area (Å²) in [7, 11) is 0. The number of benzene rings is 2. The van der Waals surface area contributed by atoms with Gasteiger partial charge in [-0.15, -0.1) is 0 Å². The summed E-state index contributed by atoms with van der Waals surface area (Å²) in [5, 5.41) is 12.2. The number of hydrogen-bond acceptors (Lipinski definition) is 2. The molecule has 0 heterocycles. The highest BCUT2D eigenvalue weighted by Crippen LogP contribution is 2.13. The molecule has 0 fully saturated rings. The topological polar surface area (TPSA) is 66.4 Å². The van der Waals surface area contributed by atoms with Crippen LogP contribution < -0.4 is 5.32 Å². The zero-order valence-electron chi connectivity index (χ0n) is 11.2. The zero-order valence-corrected chi connectivity index (χ0v) is 13.6. The van der Waals surface area contributed by atoms with Crippen molar-refractivity contribution in [2.45, 2.75) is 0 Å². The van der Waals surface area contributed by atoms with Gasteiger partial charge < -0.3 is 10.4 Å². The fraction of sp³-hybridized carbons (Fsp3) is 0. The van der Waals surface area contributed by atoms with Gasteiger partial charge in [0.2, 0.25) is 0 Å². The molecule has 4 nitrogen and oxygen atoms in total. The first-order chi connectivity index (χ1) is 10.5. The van der Waals surface area contributed by atoms with Gasteiger partial charge in [0.25, 0.3) is 5.91 Å². The second-order valence-corrected chi connectivity index (χ2v) is 5.73. The Balaban J connectivity index is 2.21. The quantitative estimate of drug-likeness (QED) is 0.789. The number of carbonyl (C=O) groups is 2. The van der Waals surface area contributed by atoms with Gasteiger partial charge in [-0.05, 0) is 48.0 Å². The van der Waals surface area contributed by atoms with Crippen LogP contribution in [0.4, 0.5) is 0 Å². The van der Waals surface area contributed by atoms with Crippen molar-refractivity contribution in [1.82, 2.24) is 5.32 Å². The largest absolute Gasteiger partial charge is 0.477 e. The van der Waals surface area contributed by atoms with Crippen molar-refractivity contribution in [2.75, 3.05) is 0 Å². The molecule has 0 saturated carbocycles. The van der Waals surface area contributed by atoms with Crippen molar-refractivity contribution in [3.63, 3.8) is 0 Å². The van der Waals surface area contributed by atoms with Crippen molar-refractivity contribution in [1.29, 1.82) is 0 Å². The maximum atomic E-state index is 12.1. The highest BCUT2D eigenvalue weighted by molar-refractivity contribution is 9.10. The molecule has 0 spiro atoms. The van der Waals surface area contributed by atoms with Gasteiger partial charge in [0.15, 0.2) is 0 Å². The number of rotatable bonds is 4. The predicted octanol–water partition coefficient (Wildman–Crippen LogP) is 3.96. The van der Waals surface area contributed by atoms with Crippen LogP contribution in [0.1, 0.15) is 15.9 Å². The summed E-state index contributed by atoms with van der Waals surface area (Å²) in [6.45, 7) is 0. The summed E-state index contributed by atoms with van der Waals surface area (Å²) in [5.74, 6) is -1.71. The highest BCUT2D eigenvalue weighted by atomic mass is 79.9. The molecule has 0 aliphatic rings. The Morgan fingerprint density at radius 3 is 2.18 bits per heavy atom. The van der Waals surface area contributed by atoms with Gasteiger partial charge in [0, 0.05) is 15.1 Å². The van der Waals surface area contributed by atoms with Gasteiger partial charge in [-0.3, -0.25) is 4.79 Å². The van der Waals surface area contributed by atoms with Crippen molar-refractivity contribution < 1.29 is 14.7 Å². The van der Waals surface area contributed by atoms with E-state index in [0.717, 1.165) is 4.47 Å². The van der Waals surface area contributed by atoms with Gasteiger partial charge in [-0.25, -0.2) is 4.79 Å². The van der Waals surface area contributed by atoms with E-state index in [4.69, 9.17) is 11.6 Å². The number of amides is 1. The molecule has 2 rings (SSSR count). The molecule has 2 aromatic rings. The van der Waals surface area contributed by atoms with E-state index in [1.807, 2.05) is 0 Å². The Hall–Kier alpha value is -2.11. The first-order valence-corrected chi connectivity index (χ1v) is 7.40. The minimum atomic E-state index is -1.22. The Labute approximate surface area is 140 Å². The van der Waals surface area contributed by atoms with Crippen molar-refractivity contribution in [3.8, 4) is 0 Å². The number of aliphatic carboxylic acids is 1. The first kappa shape index (κ1) is 16.3. The van der Waals surface area contributed by atoms with Crippen LogP contribution in [0.5, 0.6) is 0 Å². The van der Waals surface area contributed by atoms with E-state index in [1.165, 1.54) is 6.08 Å². The van der Waals surface area contributed by atoms with E-state index in [1.54, 1.807) is 48.5 Å². The maximum Gasteiger partial charge on any atom is 0.352 e. The van der Waals surface area contributed by atoms with Crippen LogP contribution in [0, 0.1) is 0 Å². The standard InChI is InChI=1S/C16H11BrClNO3/c17-12-5-3-11(4-6-12)15(20)19-14(16(21)22)9-10-1-7-13(18)8-2-10/h1-9H,(H,19,20)(H,21,22)/b14-9+. The molecule has 0 bridgehead atoms. The molecular weight excluding hydrogens is 370 g/mol. The molecule has 0 unspecified atom stereocenters. The fourth-order valence-corrected chi connectivity index (χ4v) is 2.06. The van der Waals surface area contributed by atoms with Crippen molar-refractivity contribution >= 4 is 45.5 Å². The number of halogens is 2. The van der Waals surface area contributed by atoms with Crippen LogP contribution in [0.3, 0.4) is 0 Å². The summed E-state index contributed by atoms with van der Waals surface area (Å²) in [4.78, 5) is 23.3. The van der Waals surface area contributed by atoms with E-state index >= 15 is 0 Å². The Morgan fingerprint density at radius 2 is 1.64 bits per heavy atom. The van der Waals surface area contributed by atoms with Crippen LogP contribution in [0.25, 0.3) is 6.08 Å². The molecule has 0 aliphatic heterocycles. The lowest BCUT2D eigenvalue weighted by molar-refractivity contribution is -0.132. The lowest BCUT2D eigenvalue weighted by Gasteiger charge is -2.06. The molecule has 0 saturated heterocycles. The molecule has 0 radical (unpaired) electrons. The first-order valence-electron chi connectivity index (χ1n) is 6.23. The maximum absolute atomic E-state index is 12.1. The molecular formula is C16H11BrClNO3. The lowest BCUT2D eigenvalue weighted by atomic mass is 10.1. The van der Waals surface area contributed by atoms with Crippen LogP contribution in [0.2, 0.25) is 5.02 Å². The highest BCUT2D eigenvalue weighted by Gasteiger charge is 2.13. The van der Waals surface area contributed by atoms with E-state index in [-0.39, 0.29) is 5.70 Å². The molecule has 2 aromatic carbocycles. The van der Waals surface area contributed by atoms with E-state index in [9.17, 15) is 14.7 Å². The minimum Gasteiger partial charge on any atom is -0.477 e. The zero-order chi connectivity index (χ0) is 16.1. The second-order valence-electron chi connectivity index (χ2n) is 4.38. The third-order valence-corrected chi connectivity index (χ3v) is 3.55. The Bertz CT molecular complexity index is 724. The van der Waals surface area contributed by atoms with Crippen LogP contribution in [-0.2, 0) is 4.79 Å². The van der Waals surface area contributed by atoms with Gasteiger partial charge >= 0.3 is 5.97 Å². The predicted molar refractivity (Wildman–Crippen MR) is 88.7 cm³/mol. The van der Waals surface area contributed by atoms with Crippen LogP contribution >= 0.6 is 27.5 Å². The number of carbonyl (C=O) groups excluding carboxylic acids is 1. The molecule has 2 N–H and O–H groups in total. The average molecular weight is 381 g/mol. The monoisotopic (exact) mass is 379 g/mol. The van der Waals surface area contributed by atoms with Crippen molar-refractivity contribution in [2.24, 2.45) is 0 Å². The van der Waals surface area contributed by atoms with E-state index < -0.39 is 11.9 Å². The van der Waals surface area contributed by atoms with Crippen LogP contribution in [0.15, 0.2) is 58.7 Å². The molecule has 6 heteroatoms. The molecule has 0 aromatic heterocycles. The SMILES string of the molecule is O=C(O)/C(=C\c1ccc(Cl)cc1)NC(=O)c1ccc(Br)cc1. The Kier molecular flexibility index (Phi) is 5.35. The summed E-state index contributed by atoms with van der Waals surface area (Å²) in [6.07, 6.45) is 1.37. The number of hydrogen-bond donors (Lipinski definition) is 2. The van der Waals surface area contributed by atoms with Crippen molar-refractivity contribution in [3.05, 3.63) is 74.9 Å². The van der Waals surface area contributed by atoms with E-state index in [2.05, 4.69) is 21.2 Å². The number of carboxylic acids is 1. The number of nitrogens with one attached hydrogen (secondary N) is 1. The third kappa shape index (κ3) is 4.44. The molecule has 1 amide bonds. The van der Waals surface area contributed by atoms with Gasteiger partial charge in [-0.1, -0.05) is 39.7 Å². The van der Waals surface area contributed by atoms with Gasteiger partial charge in [-0.2, -0.15) is 0 Å². The summed E-state index contributed by atoms with van der Waals surface area (Å²) in [5.41, 5.74) is 0.777. The summed E-state index contributed by atoms with van der Waals surface area (Å²) in [6, 6.07) is 13.2. The second kappa shape index (κ2) is 7.24. The van der Waals surface area contributed by atoms with Crippen LogP contribution in [-0.4, -0.2) is 17.0 Å². The van der Waals surface area contributed by atoms with Gasteiger partial charge in [0.1, 0.15) is 5.70 Å². The third-order valence-electron chi connectivity index (χ3n) is 2.77. The normalized spacial score (nSPS) is 11.1. The Morgan fingerprint density at radius 1 is 1.05 bits per heavy atom. The molecule has 112 valence electrons. The fourth-order valence-electron chi connectivity index (χ4n) is 1.67. The van der Waals surface area contributed by atoms with E-state index in [0.29, 0.717) is 16.1 Å². The molecule has 0 aliphatic carbocycles. The smallest absolute Gasteiger partial charge is 0.352 e. The van der Waals surface area contributed by atoms with Gasteiger partial charge in [0.05, 0.1) is 0 Å². The minimum absolute atomic E-state index is 0.213. The average Bonchev–Trinajstić information content (AvgIpc) is 2.49. The molecule has 22 heavy (non-hydrogen) atoms. The number of carboxylic acid groups (broad SMARTS) is 1. The summed E-state index contributed by atoms with van der Waals surface area (Å²) < 4.78 is 0.833. The summed E-state index contributed by atoms with van der Waals surface area (Å²) >= 11 is 9.05. The lowest BCUT2D eigenvalue weighted by Crippen LogP contribution is -2.27. The molecule has 0 atom stereocenters.